The molecule has 1 heterocycles. The summed E-state index contributed by atoms with van der Waals surface area (Å²) >= 11 is 0. The fourth-order valence-corrected chi connectivity index (χ4v) is 1.30. The van der Waals surface area contributed by atoms with E-state index in [2.05, 4.69) is 15.0 Å². The minimum absolute atomic E-state index is 0.427. The summed E-state index contributed by atoms with van der Waals surface area (Å²) in [6.07, 6.45) is 0. The third kappa shape index (κ3) is 3.79. The summed E-state index contributed by atoms with van der Waals surface area (Å²) < 4.78 is 10.1. The van der Waals surface area contributed by atoms with Gasteiger partial charge in [-0.15, -0.1) is 0 Å². The lowest BCUT2D eigenvalue weighted by atomic mass is 10.6. The third-order valence-electron chi connectivity index (χ3n) is 2.05. The fraction of sp³-hybridized carbons (Fsp3) is 0.700. The molecule has 0 saturated heterocycles. The average Bonchev–Trinajstić information content (AvgIpc) is 2.29. The van der Waals surface area contributed by atoms with Crippen LogP contribution >= 0.6 is 0 Å². The first kappa shape index (κ1) is 13.6. The number of hydrogen-bond acceptors (Lipinski definition) is 7. The summed E-state index contributed by atoms with van der Waals surface area (Å²) in [5, 5.41) is 0. The van der Waals surface area contributed by atoms with E-state index in [4.69, 9.17) is 9.47 Å². The van der Waals surface area contributed by atoms with Gasteiger partial charge in [-0.3, -0.25) is 0 Å². The Hall–Kier alpha value is -1.47. The molecule has 0 radical (unpaired) electrons. The van der Waals surface area contributed by atoms with Gasteiger partial charge in [-0.05, 0) is 6.92 Å². The maximum absolute atomic E-state index is 5.03. The highest BCUT2D eigenvalue weighted by atomic mass is 16.5. The Balaban J connectivity index is 2.93. The molecule has 0 aliphatic carbocycles. The molecule has 7 nitrogen and oxygen atoms in total. The molecule has 7 heteroatoms. The van der Waals surface area contributed by atoms with Crippen LogP contribution in [-0.2, 0) is 9.47 Å². The zero-order valence-corrected chi connectivity index (χ0v) is 11.0. The maximum Gasteiger partial charge on any atom is 0.231 e. The predicted octanol–water partition coefficient (Wildman–Crippen LogP) is 0.260. The third-order valence-corrected chi connectivity index (χ3v) is 2.05. The van der Waals surface area contributed by atoms with E-state index in [0.717, 1.165) is 0 Å². The van der Waals surface area contributed by atoms with E-state index in [-0.39, 0.29) is 0 Å². The van der Waals surface area contributed by atoms with Crippen LogP contribution in [0.4, 0.5) is 11.9 Å². The summed E-state index contributed by atoms with van der Waals surface area (Å²) in [4.78, 5) is 16.5. The number of nitrogens with zero attached hydrogens (tertiary/aromatic N) is 5. The second-order valence-electron chi connectivity index (χ2n) is 3.71. The lowest BCUT2D eigenvalue weighted by molar-refractivity contribution is 0.199. The molecule has 0 atom stereocenters. The predicted molar refractivity (Wildman–Crippen MR) is 65.1 cm³/mol. The molecule has 1 aromatic heterocycles. The molecule has 17 heavy (non-hydrogen) atoms. The Morgan fingerprint density at radius 1 is 0.882 bits per heavy atom. The van der Waals surface area contributed by atoms with Crippen molar-refractivity contribution in [1.82, 2.24) is 15.0 Å². The Morgan fingerprint density at radius 2 is 1.29 bits per heavy atom. The zero-order chi connectivity index (χ0) is 12.8. The van der Waals surface area contributed by atoms with E-state index < -0.39 is 0 Å². The molecule has 0 aromatic carbocycles. The van der Waals surface area contributed by atoms with Crippen LogP contribution in [0.2, 0.25) is 0 Å². The molecule has 0 amide bonds. The summed E-state index contributed by atoms with van der Waals surface area (Å²) in [5.74, 6) is 1.82. The highest BCUT2D eigenvalue weighted by molar-refractivity contribution is 5.37. The van der Waals surface area contributed by atoms with Crippen LogP contribution in [-0.4, -0.2) is 56.7 Å². The van der Waals surface area contributed by atoms with Crippen molar-refractivity contribution >= 4 is 11.9 Å². The number of anilines is 2. The quantitative estimate of drug-likeness (QED) is 0.662. The lowest BCUT2D eigenvalue weighted by Gasteiger charge is -2.20. The molecule has 0 fully saturated rings. The van der Waals surface area contributed by atoms with Gasteiger partial charge in [-0.25, -0.2) is 0 Å². The Bertz CT molecular complexity index is 330. The number of aromatic nitrogens is 3. The highest BCUT2D eigenvalue weighted by Crippen LogP contribution is 2.11. The van der Waals surface area contributed by atoms with Crippen LogP contribution in [0.25, 0.3) is 0 Å². The summed E-state index contributed by atoms with van der Waals surface area (Å²) in [6.45, 7) is 2.68. The van der Waals surface area contributed by atoms with Gasteiger partial charge in [0.2, 0.25) is 11.9 Å². The number of ether oxygens (including phenoxy) is 2. The molecule has 0 bridgehead atoms. The number of rotatable bonds is 6. The first-order valence-corrected chi connectivity index (χ1v) is 5.21. The van der Waals surface area contributed by atoms with Crippen LogP contribution in [0, 0.1) is 6.92 Å². The van der Waals surface area contributed by atoms with Gasteiger partial charge < -0.3 is 19.3 Å². The summed E-state index contributed by atoms with van der Waals surface area (Å²) in [7, 11) is 6.97. The molecule has 0 spiro atoms. The van der Waals surface area contributed by atoms with Gasteiger partial charge in [0.1, 0.15) is 19.3 Å². The van der Waals surface area contributed by atoms with Gasteiger partial charge in [0, 0.05) is 28.3 Å². The monoisotopic (exact) mass is 241 g/mol. The number of methoxy groups -OCH3 is 2. The molecule has 96 valence electrons. The molecule has 0 aliphatic rings. The second-order valence-corrected chi connectivity index (χ2v) is 3.71. The van der Waals surface area contributed by atoms with Gasteiger partial charge in [-0.2, -0.15) is 15.0 Å². The zero-order valence-electron chi connectivity index (χ0n) is 11.0. The molecule has 1 rings (SSSR count). The molecule has 0 unspecified atom stereocenters. The molecular weight excluding hydrogens is 222 g/mol. The minimum atomic E-state index is 0.427. The lowest BCUT2D eigenvalue weighted by Crippen LogP contribution is -2.27. The van der Waals surface area contributed by atoms with E-state index in [1.54, 1.807) is 24.0 Å². The van der Waals surface area contributed by atoms with Crippen LogP contribution in [0.15, 0.2) is 0 Å². The Morgan fingerprint density at radius 3 is 1.65 bits per heavy atom. The number of aryl methyl sites for hydroxylation is 1. The Kier molecular flexibility index (Phi) is 5.05. The Labute approximate surface area is 101 Å². The molecule has 1 aromatic rings. The van der Waals surface area contributed by atoms with Gasteiger partial charge >= 0.3 is 0 Å². The fourth-order valence-electron chi connectivity index (χ4n) is 1.30. The molecule has 0 N–H and O–H groups in total. The van der Waals surface area contributed by atoms with Crippen LogP contribution in [0.3, 0.4) is 0 Å². The average molecular weight is 241 g/mol. The van der Waals surface area contributed by atoms with Gasteiger partial charge in [0.25, 0.3) is 0 Å². The van der Waals surface area contributed by atoms with Crippen molar-refractivity contribution < 1.29 is 9.47 Å². The van der Waals surface area contributed by atoms with Gasteiger partial charge in [-0.1, -0.05) is 0 Å². The van der Waals surface area contributed by atoms with Crippen molar-refractivity contribution in [3.05, 3.63) is 5.82 Å². The minimum Gasteiger partial charge on any atom is -0.364 e. The van der Waals surface area contributed by atoms with Gasteiger partial charge in [0.05, 0.1) is 0 Å². The van der Waals surface area contributed by atoms with Gasteiger partial charge in [0.15, 0.2) is 0 Å². The van der Waals surface area contributed by atoms with E-state index in [0.29, 0.717) is 31.2 Å². The van der Waals surface area contributed by atoms with E-state index in [1.807, 2.05) is 21.0 Å². The van der Waals surface area contributed by atoms with Crippen molar-refractivity contribution in [2.24, 2.45) is 0 Å². The topological polar surface area (TPSA) is 63.6 Å². The normalized spacial score (nSPS) is 10.4. The van der Waals surface area contributed by atoms with E-state index in [1.165, 1.54) is 0 Å². The standard InChI is InChI=1S/C10H19N5O2/c1-8-11-9(14(2)6-16-4)13-10(12-8)15(3)7-17-5/h6-7H2,1-5H3. The SMILES string of the molecule is COCN(C)c1nc(C)nc(N(C)COC)n1. The second kappa shape index (κ2) is 6.31. The molecule has 0 aliphatic heterocycles. The summed E-state index contributed by atoms with van der Waals surface area (Å²) in [5.41, 5.74) is 0. The smallest absolute Gasteiger partial charge is 0.231 e. The van der Waals surface area contributed by atoms with Crippen molar-refractivity contribution in [1.29, 1.82) is 0 Å². The van der Waals surface area contributed by atoms with Crippen LogP contribution < -0.4 is 9.80 Å². The summed E-state index contributed by atoms with van der Waals surface area (Å²) in [6, 6.07) is 0. The van der Waals surface area contributed by atoms with Crippen molar-refractivity contribution in [2.75, 3.05) is 51.6 Å². The first-order chi connectivity index (χ1) is 8.08. The van der Waals surface area contributed by atoms with E-state index in [9.17, 15) is 0 Å². The highest BCUT2D eigenvalue weighted by Gasteiger charge is 2.10. The van der Waals surface area contributed by atoms with Crippen molar-refractivity contribution in [2.45, 2.75) is 6.92 Å². The number of hydrogen-bond donors (Lipinski definition) is 0. The molecular formula is C10H19N5O2. The van der Waals surface area contributed by atoms with Crippen LogP contribution in [0.5, 0.6) is 0 Å². The maximum atomic E-state index is 5.03. The molecule has 0 saturated carbocycles. The van der Waals surface area contributed by atoms with Crippen LogP contribution in [0.1, 0.15) is 5.82 Å². The first-order valence-electron chi connectivity index (χ1n) is 5.21. The van der Waals surface area contributed by atoms with Crippen molar-refractivity contribution in [3.63, 3.8) is 0 Å². The largest absolute Gasteiger partial charge is 0.364 e. The van der Waals surface area contributed by atoms with E-state index >= 15 is 0 Å². The van der Waals surface area contributed by atoms with Crippen molar-refractivity contribution in [3.8, 4) is 0 Å².